The van der Waals surface area contributed by atoms with E-state index < -0.39 is 5.60 Å². The third kappa shape index (κ3) is 3.51. The summed E-state index contributed by atoms with van der Waals surface area (Å²) in [5, 5.41) is 23.0. The van der Waals surface area contributed by atoms with E-state index in [0.29, 0.717) is 5.92 Å². The zero-order valence-electron chi connectivity index (χ0n) is 22.4. The summed E-state index contributed by atoms with van der Waals surface area (Å²) in [6.07, 6.45) is 11.6. The lowest BCUT2D eigenvalue weighted by Crippen LogP contribution is -2.52. The summed E-state index contributed by atoms with van der Waals surface area (Å²) in [4.78, 5) is 0. The molecule has 3 saturated carbocycles. The van der Waals surface area contributed by atoms with Gasteiger partial charge in [-0.15, -0.1) is 0 Å². The van der Waals surface area contributed by atoms with Gasteiger partial charge >= 0.3 is 0 Å². The molecule has 0 radical (unpaired) electrons. The van der Waals surface area contributed by atoms with Crippen molar-refractivity contribution in [2.75, 3.05) is 0 Å². The number of allylic oxidation sites excluding steroid dienone is 1. The van der Waals surface area contributed by atoms with Gasteiger partial charge in [-0.25, -0.2) is 0 Å². The van der Waals surface area contributed by atoms with Crippen molar-refractivity contribution in [1.82, 2.24) is 0 Å². The summed E-state index contributed by atoms with van der Waals surface area (Å²) < 4.78 is 0. The molecule has 0 aromatic heterocycles. The number of fused-ring (bicyclic) bond motifs is 5. The van der Waals surface area contributed by atoms with Gasteiger partial charge in [-0.1, -0.05) is 93.1 Å². The summed E-state index contributed by atoms with van der Waals surface area (Å²) in [7, 11) is 0. The largest absolute Gasteiger partial charge is 0.393 e. The first kappa shape index (κ1) is 24.4. The van der Waals surface area contributed by atoms with E-state index in [9.17, 15) is 10.2 Å². The summed E-state index contributed by atoms with van der Waals surface area (Å²) in [6.45, 7) is 7.42. The molecular formula is C34H44O2. The molecule has 0 aliphatic heterocycles. The van der Waals surface area contributed by atoms with Gasteiger partial charge in [-0.3, -0.25) is 0 Å². The van der Waals surface area contributed by atoms with Crippen molar-refractivity contribution in [1.29, 1.82) is 0 Å². The van der Waals surface area contributed by atoms with Crippen LogP contribution in [0.2, 0.25) is 0 Å². The number of hydrogen-bond donors (Lipinski definition) is 2. The first-order valence-corrected chi connectivity index (χ1v) is 14.5. The lowest BCUT2D eigenvalue weighted by molar-refractivity contribution is -0.0838. The maximum absolute atomic E-state index is 12.6. The molecule has 8 atom stereocenters. The fraction of sp³-hybridized carbons (Fsp3) is 0.588. The summed E-state index contributed by atoms with van der Waals surface area (Å²) >= 11 is 0. The highest BCUT2D eigenvalue weighted by Crippen LogP contribution is 2.68. The van der Waals surface area contributed by atoms with Crippen LogP contribution < -0.4 is 0 Å². The van der Waals surface area contributed by atoms with E-state index in [4.69, 9.17) is 0 Å². The van der Waals surface area contributed by atoms with Crippen molar-refractivity contribution >= 4 is 0 Å². The predicted molar refractivity (Wildman–Crippen MR) is 146 cm³/mol. The molecule has 0 spiro atoms. The number of rotatable bonds is 4. The van der Waals surface area contributed by atoms with Crippen LogP contribution in [0.15, 0.2) is 72.3 Å². The molecule has 0 saturated heterocycles. The van der Waals surface area contributed by atoms with Gasteiger partial charge in [0, 0.05) is 0 Å². The Morgan fingerprint density at radius 3 is 2.11 bits per heavy atom. The molecule has 192 valence electrons. The van der Waals surface area contributed by atoms with Crippen LogP contribution in [0.4, 0.5) is 0 Å². The average Bonchev–Trinajstić information content (AvgIpc) is 3.26. The Morgan fingerprint density at radius 2 is 1.47 bits per heavy atom. The minimum atomic E-state index is -0.993. The van der Waals surface area contributed by atoms with Crippen LogP contribution in [0.25, 0.3) is 0 Å². The lowest BCUT2D eigenvalue weighted by atomic mass is 9.46. The quantitative estimate of drug-likeness (QED) is 0.441. The standard InChI is InChI=1S/C34H44O2/c1-23(34(36,24-10-6-4-7-11-24)25-12-8-5-9-13-25)29-16-17-30-28-15-14-26-22-27(35)18-20-32(26,2)31(28)19-21-33(29,30)3/h4-14,23,27-31,35-36H,15-22H2,1-3H3/t23?,27-,28-,29+,30-,31-,32-,33+/m0/s1. The fourth-order valence-electron chi connectivity index (χ4n) is 9.87. The molecule has 2 N–H and O–H groups in total. The first-order valence-electron chi connectivity index (χ1n) is 14.5. The molecule has 36 heavy (non-hydrogen) atoms. The molecule has 4 aliphatic rings. The van der Waals surface area contributed by atoms with E-state index in [1.54, 1.807) is 5.57 Å². The normalized spacial score (nSPS) is 38.9. The highest BCUT2D eigenvalue weighted by atomic mass is 16.3. The topological polar surface area (TPSA) is 40.5 Å². The third-order valence-corrected chi connectivity index (χ3v) is 11.8. The SMILES string of the molecule is CC([C@H]1CC[C@H]2[C@@H]3CC=C4C[C@@H](O)CC[C@]4(C)[C@H]3CC[C@]12C)C(O)(c1ccccc1)c1ccccc1. The first-order chi connectivity index (χ1) is 17.3. The Kier molecular flexibility index (Phi) is 6.00. The highest BCUT2D eigenvalue weighted by molar-refractivity contribution is 5.37. The van der Waals surface area contributed by atoms with Crippen molar-refractivity contribution < 1.29 is 10.2 Å². The summed E-state index contributed by atoms with van der Waals surface area (Å²) in [6, 6.07) is 20.8. The molecule has 6 rings (SSSR count). The van der Waals surface area contributed by atoms with Crippen LogP contribution in [0.3, 0.4) is 0 Å². The number of aliphatic hydroxyl groups excluding tert-OH is 1. The van der Waals surface area contributed by atoms with E-state index in [0.717, 1.165) is 48.1 Å². The van der Waals surface area contributed by atoms with Gasteiger partial charge in [0.05, 0.1) is 6.10 Å². The second-order valence-corrected chi connectivity index (χ2v) is 13.2. The predicted octanol–water partition coefficient (Wildman–Crippen LogP) is 7.50. The Bertz CT molecular complexity index is 1070. The smallest absolute Gasteiger partial charge is 0.117 e. The van der Waals surface area contributed by atoms with E-state index in [2.05, 4.69) is 75.4 Å². The summed E-state index contributed by atoms with van der Waals surface area (Å²) in [5.74, 6) is 2.83. The molecule has 3 fully saturated rings. The van der Waals surface area contributed by atoms with Crippen molar-refractivity contribution in [3.05, 3.63) is 83.4 Å². The Labute approximate surface area is 217 Å². The van der Waals surface area contributed by atoms with Gasteiger partial charge < -0.3 is 10.2 Å². The van der Waals surface area contributed by atoms with Gasteiger partial charge in [-0.05, 0) is 103 Å². The molecule has 4 aliphatic carbocycles. The molecule has 1 unspecified atom stereocenters. The second-order valence-electron chi connectivity index (χ2n) is 13.2. The van der Waals surface area contributed by atoms with E-state index in [1.807, 2.05) is 12.1 Å². The maximum atomic E-state index is 12.6. The molecule has 2 aromatic carbocycles. The van der Waals surface area contributed by atoms with Gasteiger partial charge in [0.1, 0.15) is 5.60 Å². The minimum Gasteiger partial charge on any atom is -0.393 e. The highest BCUT2D eigenvalue weighted by Gasteiger charge is 2.61. The van der Waals surface area contributed by atoms with Crippen LogP contribution in [0, 0.1) is 40.4 Å². The van der Waals surface area contributed by atoms with Gasteiger partial charge in [0.15, 0.2) is 0 Å². The Morgan fingerprint density at radius 1 is 0.833 bits per heavy atom. The Balaban J connectivity index is 1.34. The molecule has 2 heteroatoms. The number of benzene rings is 2. The van der Waals surface area contributed by atoms with Crippen LogP contribution in [0.5, 0.6) is 0 Å². The van der Waals surface area contributed by atoms with Crippen molar-refractivity contribution in [3.8, 4) is 0 Å². The molecule has 0 heterocycles. The van der Waals surface area contributed by atoms with Crippen molar-refractivity contribution in [3.63, 3.8) is 0 Å². The third-order valence-electron chi connectivity index (χ3n) is 11.8. The molecule has 0 amide bonds. The molecular weight excluding hydrogens is 440 g/mol. The van der Waals surface area contributed by atoms with Gasteiger partial charge in [-0.2, -0.15) is 0 Å². The summed E-state index contributed by atoms with van der Waals surface area (Å²) in [5.41, 5.74) is 3.13. The maximum Gasteiger partial charge on any atom is 0.117 e. The molecule has 2 nitrogen and oxygen atoms in total. The second kappa shape index (κ2) is 8.84. The van der Waals surface area contributed by atoms with Crippen LogP contribution in [0.1, 0.15) is 83.3 Å². The lowest BCUT2D eigenvalue weighted by Gasteiger charge is -2.59. The van der Waals surface area contributed by atoms with Crippen LogP contribution >= 0.6 is 0 Å². The molecule has 0 bridgehead atoms. The zero-order chi connectivity index (χ0) is 25.1. The zero-order valence-corrected chi connectivity index (χ0v) is 22.4. The van der Waals surface area contributed by atoms with Crippen LogP contribution in [-0.2, 0) is 5.60 Å². The monoisotopic (exact) mass is 484 g/mol. The average molecular weight is 485 g/mol. The van der Waals surface area contributed by atoms with Crippen molar-refractivity contribution in [2.45, 2.75) is 83.8 Å². The van der Waals surface area contributed by atoms with Gasteiger partial charge in [0.25, 0.3) is 0 Å². The minimum absolute atomic E-state index is 0.129. The Hall–Kier alpha value is -1.90. The van der Waals surface area contributed by atoms with E-state index >= 15 is 0 Å². The fourth-order valence-corrected chi connectivity index (χ4v) is 9.87. The van der Waals surface area contributed by atoms with E-state index in [1.165, 1.54) is 32.1 Å². The van der Waals surface area contributed by atoms with Crippen molar-refractivity contribution in [2.24, 2.45) is 40.4 Å². The number of hydrogen-bond acceptors (Lipinski definition) is 2. The van der Waals surface area contributed by atoms with Gasteiger partial charge in [0.2, 0.25) is 0 Å². The number of aliphatic hydroxyl groups is 2. The van der Waals surface area contributed by atoms with E-state index in [-0.39, 0.29) is 22.9 Å². The van der Waals surface area contributed by atoms with Crippen LogP contribution in [-0.4, -0.2) is 16.3 Å². The molecule has 2 aromatic rings.